The van der Waals surface area contributed by atoms with Gasteiger partial charge in [0.1, 0.15) is 0 Å². The van der Waals surface area contributed by atoms with E-state index in [-0.39, 0.29) is 0 Å². The number of rotatable bonds is 1. The number of aromatic nitrogens is 1. The van der Waals surface area contributed by atoms with Crippen LogP contribution in [0.25, 0.3) is 10.9 Å². The van der Waals surface area contributed by atoms with E-state index in [0.717, 1.165) is 0 Å². The Morgan fingerprint density at radius 1 is 1.27 bits per heavy atom. The lowest BCUT2D eigenvalue weighted by Gasteiger charge is -2.02. The molecule has 0 fully saturated rings. The smallest absolute Gasteiger partial charge is 0.250 e. The lowest BCUT2D eigenvalue weighted by Crippen LogP contribution is -2.11. The Morgan fingerprint density at radius 3 is 2.67 bits per heavy atom. The maximum atomic E-state index is 10.9. The first-order chi connectivity index (χ1) is 7.08. The minimum absolute atomic E-state index is 0.326. The van der Waals surface area contributed by atoms with Gasteiger partial charge in [0.05, 0.1) is 16.1 Å². The van der Waals surface area contributed by atoms with E-state index in [9.17, 15) is 4.79 Å². The quantitative estimate of drug-likeness (QED) is 0.834. The number of carbonyl (C=O) groups excluding carboxylic acids is 1. The first-order valence-corrected chi connectivity index (χ1v) is 4.88. The highest BCUT2D eigenvalue weighted by molar-refractivity contribution is 6.38. The summed E-state index contributed by atoms with van der Waals surface area (Å²) in [5.41, 5.74) is 6.10. The topological polar surface area (TPSA) is 56.0 Å². The van der Waals surface area contributed by atoms with Gasteiger partial charge < -0.3 is 5.73 Å². The summed E-state index contributed by atoms with van der Waals surface area (Å²) in [7, 11) is 0. The molecule has 0 aliphatic heterocycles. The number of hydrogen-bond acceptors (Lipinski definition) is 2. The average molecular weight is 241 g/mol. The molecule has 0 atom stereocenters. The van der Waals surface area contributed by atoms with Gasteiger partial charge in [-0.3, -0.25) is 9.78 Å². The lowest BCUT2D eigenvalue weighted by molar-refractivity contribution is 0.1000. The van der Waals surface area contributed by atoms with Gasteiger partial charge in [0, 0.05) is 16.6 Å². The van der Waals surface area contributed by atoms with Crippen molar-refractivity contribution in [3.8, 4) is 0 Å². The number of carbonyl (C=O) groups is 1. The van der Waals surface area contributed by atoms with Gasteiger partial charge in [-0.25, -0.2) is 0 Å². The van der Waals surface area contributed by atoms with Crippen LogP contribution in [0.15, 0.2) is 24.4 Å². The third-order valence-corrected chi connectivity index (χ3v) is 2.53. The van der Waals surface area contributed by atoms with Crippen molar-refractivity contribution < 1.29 is 4.79 Å². The molecular formula is C10H6Cl2N2O. The molecule has 0 bridgehead atoms. The largest absolute Gasteiger partial charge is 0.366 e. The number of amides is 1. The molecule has 1 aromatic carbocycles. The molecule has 5 heteroatoms. The van der Waals surface area contributed by atoms with Crippen LogP contribution in [0, 0.1) is 0 Å². The molecule has 76 valence electrons. The van der Waals surface area contributed by atoms with Crippen LogP contribution in [-0.2, 0) is 0 Å². The molecule has 2 N–H and O–H groups in total. The predicted octanol–water partition coefficient (Wildman–Crippen LogP) is 2.64. The molecule has 2 rings (SSSR count). The Hall–Kier alpha value is -1.32. The predicted molar refractivity (Wildman–Crippen MR) is 60.3 cm³/mol. The van der Waals surface area contributed by atoms with Crippen molar-refractivity contribution in [1.29, 1.82) is 0 Å². The fourth-order valence-electron chi connectivity index (χ4n) is 1.29. The van der Waals surface area contributed by atoms with E-state index in [1.165, 1.54) is 6.20 Å². The van der Waals surface area contributed by atoms with Gasteiger partial charge in [-0.15, -0.1) is 0 Å². The van der Waals surface area contributed by atoms with Crippen molar-refractivity contribution >= 4 is 40.0 Å². The third kappa shape index (κ3) is 1.89. The standard InChI is InChI=1S/C10H6Cl2N2O/c11-6-2-8(12)7-1-5(10(13)15)4-14-9(7)3-6/h1-4H,(H2,13,15). The number of pyridine rings is 1. The lowest BCUT2D eigenvalue weighted by atomic mass is 10.1. The van der Waals surface area contributed by atoms with Gasteiger partial charge in [-0.2, -0.15) is 0 Å². The van der Waals surface area contributed by atoms with Gasteiger partial charge in [-0.05, 0) is 18.2 Å². The van der Waals surface area contributed by atoms with Crippen molar-refractivity contribution in [2.24, 2.45) is 5.73 Å². The van der Waals surface area contributed by atoms with Crippen molar-refractivity contribution in [3.05, 3.63) is 40.0 Å². The van der Waals surface area contributed by atoms with Crippen LogP contribution < -0.4 is 5.73 Å². The molecule has 1 aromatic heterocycles. The molecule has 2 aromatic rings. The summed E-state index contributed by atoms with van der Waals surface area (Å²) >= 11 is 11.8. The summed E-state index contributed by atoms with van der Waals surface area (Å²) < 4.78 is 0. The second-order valence-electron chi connectivity index (χ2n) is 3.04. The Balaban J connectivity index is 2.76. The first-order valence-electron chi connectivity index (χ1n) is 4.12. The Morgan fingerprint density at radius 2 is 2.00 bits per heavy atom. The molecule has 0 saturated carbocycles. The van der Waals surface area contributed by atoms with E-state index in [1.54, 1.807) is 18.2 Å². The van der Waals surface area contributed by atoms with E-state index in [0.29, 0.717) is 26.5 Å². The summed E-state index contributed by atoms with van der Waals surface area (Å²) in [6.07, 6.45) is 1.40. The number of fused-ring (bicyclic) bond motifs is 1. The van der Waals surface area contributed by atoms with Gasteiger partial charge in [0.25, 0.3) is 0 Å². The Bertz CT molecular complexity index is 554. The van der Waals surface area contributed by atoms with Crippen molar-refractivity contribution in [1.82, 2.24) is 4.98 Å². The monoisotopic (exact) mass is 240 g/mol. The zero-order valence-electron chi connectivity index (χ0n) is 7.50. The minimum Gasteiger partial charge on any atom is -0.366 e. The maximum Gasteiger partial charge on any atom is 0.250 e. The maximum absolute atomic E-state index is 10.9. The van der Waals surface area contributed by atoms with Gasteiger partial charge in [-0.1, -0.05) is 23.2 Å². The van der Waals surface area contributed by atoms with Crippen molar-refractivity contribution in [3.63, 3.8) is 0 Å². The van der Waals surface area contributed by atoms with Crippen LogP contribution in [0.3, 0.4) is 0 Å². The summed E-state index contributed by atoms with van der Waals surface area (Å²) in [6, 6.07) is 4.87. The van der Waals surface area contributed by atoms with Gasteiger partial charge in [0.2, 0.25) is 5.91 Å². The molecule has 0 spiro atoms. The van der Waals surface area contributed by atoms with E-state index < -0.39 is 5.91 Å². The zero-order chi connectivity index (χ0) is 11.0. The normalized spacial score (nSPS) is 10.5. The number of nitrogens with zero attached hydrogens (tertiary/aromatic N) is 1. The van der Waals surface area contributed by atoms with E-state index in [4.69, 9.17) is 28.9 Å². The van der Waals surface area contributed by atoms with E-state index in [2.05, 4.69) is 4.98 Å². The summed E-state index contributed by atoms with van der Waals surface area (Å²) in [5, 5.41) is 1.62. The molecule has 0 aliphatic carbocycles. The van der Waals surface area contributed by atoms with Crippen LogP contribution in [0.5, 0.6) is 0 Å². The third-order valence-electron chi connectivity index (χ3n) is 2.00. The Kier molecular flexibility index (Phi) is 2.50. The van der Waals surface area contributed by atoms with Crippen molar-refractivity contribution in [2.75, 3.05) is 0 Å². The van der Waals surface area contributed by atoms with Crippen LogP contribution in [0.4, 0.5) is 0 Å². The first kappa shape index (κ1) is 10.2. The highest BCUT2D eigenvalue weighted by atomic mass is 35.5. The van der Waals surface area contributed by atoms with E-state index >= 15 is 0 Å². The fraction of sp³-hybridized carbons (Fsp3) is 0. The summed E-state index contributed by atoms with van der Waals surface area (Å²) in [4.78, 5) is 15.0. The molecule has 0 unspecified atom stereocenters. The summed E-state index contributed by atoms with van der Waals surface area (Å²) in [6.45, 7) is 0. The fourth-order valence-corrected chi connectivity index (χ4v) is 1.82. The van der Waals surface area contributed by atoms with Gasteiger partial charge >= 0.3 is 0 Å². The second-order valence-corrected chi connectivity index (χ2v) is 3.89. The Labute approximate surface area is 95.8 Å². The summed E-state index contributed by atoms with van der Waals surface area (Å²) in [5.74, 6) is -0.532. The number of hydrogen-bond donors (Lipinski definition) is 1. The highest BCUT2D eigenvalue weighted by Gasteiger charge is 2.06. The second kappa shape index (κ2) is 3.68. The van der Waals surface area contributed by atoms with E-state index in [1.807, 2.05) is 0 Å². The molecule has 0 aliphatic rings. The minimum atomic E-state index is -0.532. The highest BCUT2D eigenvalue weighted by Crippen LogP contribution is 2.26. The molecule has 15 heavy (non-hydrogen) atoms. The zero-order valence-corrected chi connectivity index (χ0v) is 9.01. The average Bonchev–Trinajstić information content (AvgIpc) is 2.16. The molecule has 0 radical (unpaired) electrons. The number of benzene rings is 1. The number of nitrogens with two attached hydrogens (primary N) is 1. The molecular weight excluding hydrogens is 235 g/mol. The van der Waals surface area contributed by atoms with Crippen LogP contribution in [-0.4, -0.2) is 10.9 Å². The van der Waals surface area contributed by atoms with Crippen LogP contribution in [0.2, 0.25) is 10.0 Å². The molecule has 1 heterocycles. The van der Waals surface area contributed by atoms with Gasteiger partial charge in [0.15, 0.2) is 0 Å². The molecule has 3 nitrogen and oxygen atoms in total. The van der Waals surface area contributed by atoms with Crippen LogP contribution >= 0.6 is 23.2 Å². The SMILES string of the molecule is NC(=O)c1cnc2cc(Cl)cc(Cl)c2c1. The van der Waals surface area contributed by atoms with Crippen molar-refractivity contribution in [2.45, 2.75) is 0 Å². The van der Waals surface area contributed by atoms with Crippen LogP contribution in [0.1, 0.15) is 10.4 Å². The number of halogens is 2. The molecule has 0 saturated heterocycles. The molecule has 1 amide bonds. The number of primary amides is 1.